The molecule has 0 aliphatic carbocycles. The third-order valence-corrected chi connectivity index (χ3v) is 3.06. The van der Waals surface area contributed by atoms with Crippen LogP contribution >= 0.6 is 11.6 Å². The number of nitrogens with one attached hydrogen (secondary N) is 1. The van der Waals surface area contributed by atoms with Gasteiger partial charge in [-0.15, -0.1) is 0 Å². The van der Waals surface area contributed by atoms with E-state index in [-0.39, 0.29) is 23.2 Å². The van der Waals surface area contributed by atoms with Gasteiger partial charge in [-0.1, -0.05) is 13.0 Å². The summed E-state index contributed by atoms with van der Waals surface area (Å²) in [4.78, 5) is 0. The van der Waals surface area contributed by atoms with E-state index in [0.29, 0.717) is 12.3 Å². The number of halogens is 3. The molecule has 0 amide bonds. The molecule has 19 heavy (non-hydrogen) atoms. The molecule has 5 heteroatoms. The molecular formula is C14H14ClF2NO. The molecule has 0 aliphatic rings. The summed E-state index contributed by atoms with van der Waals surface area (Å²) in [5.41, 5.74) is 0.0426. The average Bonchev–Trinajstić information content (AvgIpc) is 2.79. The average molecular weight is 286 g/mol. The molecule has 0 saturated heterocycles. The van der Waals surface area contributed by atoms with Gasteiger partial charge in [-0.25, -0.2) is 8.78 Å². The molecule has 1 atom stereocenters. The van der Waals surface area contributed by atoms with Crippen molar-refractivity contribution in [1.82, 2.24) is 5.32 Å². The highest BCUT2D eigenvalue weighted by atomic mass is 35.5. The summed E-state index contributed by atoms with van der Waals surface area (Å²) in [5.74, 6) is -0.546. The third kappa shape index (κ3) is 3.33. The second-order valence-electron chi connectivity index (χ2n) is 4.16. The molecule has 1 unspecified atom stereocenters. The van der Waals surface area contributed by atoms with Gasteiger partial charge in [-0.3, -0.25) is 0 Å². The number of rotatable bonds is 5. The van der Waals surface area contributed by atoms with Crippen molar-refractivity contribution in [3.63, 3.8) is 0 Å². The molecule has 2 nitrogen and oxygen atoms in total. The SMILES string of the molecule is CCNC(Cc1c(F)cccc1F)c1ccc(Cl)o1. The Morgan fingerprint density at radius 3 is 2.42 bits per heavy atom. The molecular weight excluding hydrogens is 272 g/mol. The Morgan fingerprint density at radius 1 is 1.21 bits per heavy atom. The van der Waals surface area contributed by atoms with Crippen LogP contribution in [-0.4, -0.2) is 6.54 Å². The highest BCUT2D eigenvalue weighted by Crippen LogP contribution is 2.25. The second-order valence-corrected chi connectivity index (χ2v) is 4.53. The first kappa shape index (κ1) is 14.0. The zero-order chi connectivity index (χ0) is 13.8. The van der Waals surface area contributed by atoms with Crippen LogP contribution in [-0.2, 0) is 6.42 Å². The van der Waals surface area contributed by atoms with Crippen LogP contribution in [0.25, 0.3) is 0 Å². The summed E-state index contributed by atoms with van der Waals surface area (Å²) in [7, 11) is 0. The van der Waals surface area contributed by atoms with Gasteiger partial charge in [-0.05, 0) is 42.4 Å². The summed E-state index contributed by atoms with van der Waals surface area (Å²) in [6.07, 6.45) is 0.163. The summed E-state index contributed by atoms with van der Waals surface area (Å²) in [5, 5.41) is 3.39. The van der Waals surface area contributed by atoms with E-state index in [1.807, 2.05) is 6.92 Å². The monoisotopic (exact) mass is 285 g/mol. The van der Waals surface area contributed by atoms with Crippen molar-refractivity contribution in [2.45, 2.75) is 19.4 Å². The molecule has 0 saturated carbocycles. The van der Waals surface area contributed by atoms with E-state index in [0.717, 1.165) is 0 Å². The lowest BCUT2D eigenvalue weighted by Crippen LogP contribution is -2.23. The van der Waals surface area contributed by atoms with Crippen molar-refractivity contribution in [1.29, 1.82) is 0 Å². The molecule has 0 bridgehead atoms. The van der Waals surface area contributed by atoms with E-state index in [2.05, 4.69) is 5.32 Å². The highest BCUT2D eigenvalue weighted by Gasteiger charge is 2.19. The summed E-state index contributed by atoms with van der Waals surface area (Å²) in [6, 6.07) is 6.84. The quantitative estimate of drug-likeness (QED) is 0.894. The van der Waals surface area contributed by atoms with Crippen LogP contribution < -0.4 is 5.32 Å². The standard InChI is InChI=1S/C14H14ClF2NO/c1-2-18-12(13-6-7-14(15)19-13)8-9-10(16)4-3-5-11(9)17/h3-7,12,18H,2,8H2,1H3. The van der Waals surface area contributed by atoms with Crippen LogP contribution in [0.4, 0.5) is 8.78 Å². The molecule has 1 N–H and O–H groups in total. The topological polar surface area (TPSA) is 25.2 Å². The minimum atomic E-state index is -0.555. The molecule has 1 heterocycles. The van der Waals surface area contributed by atoms with Crippen molar-refractivity contribution in [3.8, 4) is 0 Å². The summed E-state index contributed by atoms with van der Waals surface area (Å²) >= 11 is 5.73. The number of furan rings is 1. The fraction of sp³-hybridized carbons (Fsp3) is 0.286. The zero-order valence-electron chi connectivity index (χ0n) is 10.4. The van der Waals surface area contributed by atoms with Crippen LogP contribution in [0, 0.1) is 11.6 Å². The largest absolute Gasteiger partial charge is 0.448 e. The fourth-order valence-corrected chi connectivity index (χ4v) is 2.12. The maximum Gasteiger partial charge on any atom is 0.193 e. The first-order valence-corrected chi connectivity index (χ1v) is 6.41. The zero-order valence-corrected chi connectivity index (χ0v) is 11.2. The Morgan fingerprint density at radius 2 is 1.89 bits per heavy atom. The lowest BCUT2D eigenvalue weighted by atomic mass is 10.0. The number of hydrogen-bond donors (Lipinski definition) is 1. The van der Waals surface area contributed by atoms with Crippen molar-refractivity contribution < 1.29 is 13.2 Å². The van der Waals surface area contributed by atoms with E-state index >= 15 is 0 Å². The van der Waals surface area contributed by atoms with Gasteiger partial charge in [-0.2, -0.15) is 0 Å². The molecule has 2 rings (SSSR count). The lowest BCUT2D eigenvalue weighted by molar-refractivity contribution is 0.408. The van der Waals surface area contributed by atoms with Gasteiger partial charge in [0.1, 0.15) is 17.4 Å². The van der Waals surface area contributed by atoms with Crippen LogP contribution in [0.2, 0.25) is 5.22 Å². The van der Waals surface area contributed by atoms with Crippen LogP contribution in [0.15, 0.2) is 34.7 Å². The molecule has 2 aromatic rings. The maximum absolute atomic E-state index is 13.6. The minimum Gasteiger partial charge on any atom is -0.448 e. The Labute approximate surface area is 115 Å². The van der Waals surface area contributed by atoms with Crippen LogP contribution in [0.5, 0.6) is 0 Å². The molecule has 0 spiro atoms. The number of benzene rings is 1. The van der Waals surface area contributed by atoms with Crippen molar-refractivity contribution in [2.75, 3.05) is 6.54 Å². The third-order valence-electron chi connectivity index (χ3n) is 2.86. The predicted molar refractivity (Wildman–Crippen MR) is 70.2 cm³/mol. The van der Waals surface area contributed by atoms with Gasteiger partial charge in [0.2, 0.25) is 0 Å². The summed E-state index contributed by atoms with van der Waals surface area (Å²) < 4.78 is 32.6. The first-order valence-electron chi connectivity index (χ1n) is 6.03. The molecule has 0 aliphatic heterocycles. The highest BCUT2D eigenvalue weighted by molar-refractivity contribution is 6.28. The molecule has 1 aromatic heterocycles. The van der Waals surface area contributed by atoms with Gasteiger partial charge in [0.05, 0.1) is 6.04 Å². The maximum atomic E-state index is 13.6. The van der Waals surface area contributed by atoms with Crippen molar-refractivity contribution in [2.24, 2.45) is 0 Å². The Balaban J connectivity index is 2.26. The van der Waals surface area contributed by atoms with E-state index < -0.39 is 11.6 Å². The molecule has 1 aromatic carbocycles. The van der Waals surface area contributed by atoms with Gasteiger partial charge in [0, 0.05) is 12.0 Å². The van der Waals surface area contributed by atoms with Crippen molar-refractivity contribution >= 4 is 11.6 Å². The van der Waals surface area contributed by atoms with Gasteiger partial charge >= 0.3 is 0 Å². The lowest BCUT2D eigenvalue weighted by Gasteiger charge is -2.16. The first-order chi connectivity index (χ1) is 9.11. The molecule has 0 fully saturated rings. The predicted octanol–water partition coefficient (Wildman–Crippen LogP) is 4.10. The number of hydrogen-bond acceptors (Lipinski definition) is 2. The minimum absolute atomic E-state index is 0.0426. The summed E-state index contributed by atoms with van der Waals surface area (Å²) in [6.45, 7) is 2.56. The van der Waals surface area contributed by atoms with Gasteiger partial charge in [0.15, 0.2) is 5.22 Å². The van der Waals surface area contributed by atoms with E-state index in [4.69, 9.17) is 16.0 Å². The van der Waals surface area contributed by atoms with Crippen LogP contribution in [0.1, 0.15) is 24.3 Å². The molecule has 0 radical (unpaired) electrons. The normalized spacial score (nSPS) is 12.6. The fourth-order valence-electron chi connectivity index (χ4n) is 1.97. The molecule has 102 valence electrons. The second kappa shape index (κ2) is 6.17. The Kier molecular flexibility index (Phi) is 4.56. The van der Waals surface area contributed by atoms with E-state index in [1.165, 1.54) is 18.2 Å². The van der Waals surface area contributed by atoms with E-state index in [1.54, 1.807) is 12.1 Å². The smallest absolute Gasteiger partial charge is 0.193 e. The van der Waals surface area contributed by atoms with E-state index in [9.17, 15) is 8.78 Å². The Bertz CT molecular complexity index is 536. The van der Waals surface area contributed by atoms with Crippen molar-refractivity contribution in [3.05, 3.63) is 58.5 Å². The number of likely N-dealkylation sites (N-methyl/N-ethyl adjacent to an activating group) is 1. The van der Waals surface area contributed by atoms with Crippen LogP contribution in [0.3, 0.4) is 0 Å². The van der Waals surface area contributed by atoms with Gasteiger partial charge in [0.25, 0.3) is 0 Å². The Hall–Kier alpha value is -1.39. The van der Waals surface area contributed by atoms with Gasteiger partial charge < -0.3 is 9.73 Å².